The summed E-state index contributed by atoms with van der Waals surface area (Å²) in [4.78, 5) is 22.0. The maximum Gasteiger partial charge on any atom is 0.334 e. The van der Waals surface area contributed by atoms with Gasteiger partial charge in [-0.15, -0.1) is 23.1 Å². The molecule has 0 bridgehead atoms. The standard InChI is InChI=1S/C10H13NO4S2/c1-15-7(10(13)14)5-11-8(12)6-17-9-3-2-4-16-9/h2-4,7H,5-6H2,1H3,(H,11,12)(H,13,14). The van der Waals surface area contributed by atoms with Gasteiger partial charge in [0.1, 0.15) is 0 Å². The SMILES string of the molecule is COC(CNC(=O)CSc1cccs1)C(=O)O. The van der Waals surface area contributed by atoms with E-state index in [9.17, 15) is 9.59 Å². The van der Waals surface area contributed by atoms with Crippen molar-refractivity contribution in [3.63, 3.8) is 0 Å². The fourth-order valence-corrected chi connectivity index (χ4v) is 2.63. The van der Waals surface area contributed by atoms with E-state index in [1.807, 2.05) is 17.5 Å². The Morgan fingerprint density at radius 2 is 2.41 bits per heavy atom. The molecule has 0 aromatic carbocycles. The van der Waals surface area contributed by atoms with Crippen LogP contribution in [0.5, 0.6) is 0 Å². The van der Waals surface area contributed by atoms with E-state index in [2.05, 4.69) is 5.32 Å². The maximum atomic E-state index is 11.4. The number of nitrogens with one attached hydrogen (secondary N) is 1. The number of carboxylic acid groups (broad SMARTS) is 1. The highest BCUT2D eigenvalue weighted by Gasteiger charge is 2.16. The first-order valence-electron chi connectivity index (χ1n) is 4.82. The molecule has 2 N–H and O–H groups in total. The van der Waals surface area contributed by atoms with E-state index < -0.39 is 12.1 Å². The quantitative estimate of drug-likeness (QED) is 0.728. The molecule has 0 aliphatic carbocycles. The molecule has 7 heteroatoms. The van der Waals surface area contributed by atoms with Crippen molar-refractivity contribution in [1.29, 1.82) is 0 Å². The van der Waals surface area contributed by atoms with Crippen molar-refractivity contribution in [2.75, 3.05) is 19.4 Å². The van der Waals surface area contributed by atoms with Crippen molar-refractivity contribution >= 4 is 35.0 Å². The molecule has 1 heterocycles. The molecule has 0 aliphatic rings. The number of aliphatic carboxylic acids is 1. The van der Waals surface area contributed by atoms with Crippen LogP contribution in [0, 0.1) is 0 Å². The van der Waals surface area contributed by atoms with E-state index in [4.69, 9.17) is 9.84 Å². The van der Waals surface area contributed by atoms with E-state index in [1.165, 1.54) is 18.9 Å². The number of amides is 1. The number of carbonyl (C=O) groups excluding carboxylic acids is 1. The Balaban J connectivity index is 2.23. The summed E-state index contributed by atoms with van der Waals surface area (Å²) in [6, 6.07) is 3.84. The van der Waals surface area contributed by atoms with Crippen LogP contribution in [0.2, 0.25) is 0 Å². The minimum Gasteiger partial charge on any atom is -0.479 e. The van der Waals surface area contributed by atoms with Gasteiger partial charge in [-0.2, -0.15) is 0 Å². The van der Waals surface area contributed by atoms with E-state index in [0.29, 0.717) is 0 Å². The van der Waals surface area contributed by atoms with Gasteiger partial charge in [-0.3, -0.25) is 4.79 Å². The highest BCUT2D eigenvalue weighted by Crippen LogP contribution is 2.22. The van der Waals surface area contributed by atoms with Crippen molar-refractivity contribution < 1.29 is 19.4 Å². The van der Waals surface area contributed by atoms with E-state index in [1.54, 1.807) is 11.3 Å². The number of hydrogen-bond donors (Lipinski definition) is 2. The van der Waals surface area contributed by atoms with Crippen molar-refractivity contribution in [2.24, 2.45) is 0 Å². The van der Waals surface area contributed by atoms with Gasteiger partial charge in [-0.05, 0) is 11.4 Å². The summed E-state index contributed by atoms with van der Waals surface area (Å²) in [6.07, 6.45) is -0.995. The summed E-state index contributed by atoms with van der Waals surface area (Å²) in [6.45, 7) is -0.0182. The lowest BCUT2D eigenvalue weighted by Gasteiger charge is -2.11. The third-order valence-electron chi connectivity index (χ3n) is 1.89. The first-order chi connectivity index (χ1) is 8.13. The number of hydrogen-bond acceptors (Lipinski definition) is 5. The normalized spacial score (nSPS) is 12.1. The zero-order valence-electron chi connectivity index (χ0n) is 9.21. The fourth-order valence-electron chi connectivity index (χ4n) is 1.01. The van der Waals surface area contributed by atoms with Crippen LogP contribution in [0.25, 0.3) is 0 Å². The zero-order valence-corrected chi connectivity index (χ0v) is 10.8. The Labute approximate surface area is 107 Å². The average Bonchev–Trinajstić information content (AvgIpc) is 2.79. The van der Waals surface area contributed by atoms with Crippen molar-refractivity contribution in [1.82, 2.24) is 5.32 Å². The molecule has 0 fully saturated rings. The van der Waals surface area contributed by atoms with Gasteiger partial charge < -0.3 is 15.2 Å². The minimum atomic E-state index is -1.08. The lowest BCUT2D eigenvalue weighted by Crippen LogP contribution is -2.38. The van der Waals surface area contributed by atoms with Crippen LogP contribution in [-0.4, -0.2) is 42.5 Å². The lowest BCUT2D eigenvalue weighted by atomic mass is 10.3. The molecule has 0 radical (unpaired) electrons. The monoisotopic (exact) mass is 275 g/mol. The van der Waals surface area contributed by atoms with Gasteiger partial charge in [-0.1, -0.05) is 6.07 Å². The van der Waals surface area contributed by atoms with Gasteiger partial charge >= 0.3 is 5.97 Å². The van der Waals surface area contributed by atoms with E-state index in [0.717, 1.165) is 4.21 Å². The van der Waals surface area contributed by atoms with Crippen molar-refractivity contribution in [3.05, 3.63) is 17.5 Å². The summed E-state index contributed by atoms with van der Waals surface area (Å²) in [5, 5.41) is 13.1. The van der Waals surface area contributed by atoms with Gasteiger partial charge in [0, 0.05) is 7.11 Å². The topological polar surface area (TPSA) is 75.6 Å². The molecule has 1 unspecified atom stereocenters. The molecule has 1 aromatic heterocycles. The highest BCUT2D eigenvalue weighted by atomic mass is 32.2. The molecular weight excluding hydrogens is 262 g/mol. The summed E-state index contributed by atoms with van der Waals surface area (Å²) >= 11 is 2.98. The molecule has 1 rings (SSSR count). The lowest BCUT2D eigenvalue weighted by molar-refractivity contribution is -0.148. The first-order valence-corrected chi connectivity index (χ1v) is 6.68. The highest BCUT2D eigenvalue weighted by molar-refractivity contribution is 8.01. The molecule has 0 spiro atoms. The molecule has 1 aromatic rings. The second-order valence-corrected chi connectivity index (χ2v) is 5.31. The summed E-state index contributed by atoms with van der Waals surface area (Å²) < 4.78 is 5.75. The van der Waals surface area contributed by atoms with Crippen LogP contribution in [0.4, 0.5) is 0 Å². The second kappa shape index (κ2) is 7.31. The molecule has 1 atom stereocenters. The summed E-state index contributed by atoms with van der Waals surface area (Å²) in [5.41, 5.74) is 0. The predicted molar refractivity (Wildman–Crippen MR) is 66.5 cm³/mol. The fraction of sp³-hybridized carbons (Fsp3) is 0.400. The summed E-state index contributed by atoms with van der Waals surface area (Å²) in [5.74, 6) is -1.01. The number of carbonyl (C=O) groups is 2. The number of ether oxygens (including phenoxy) is 1. The number of carboxylic acids is 1. The molecule has 1 amide bonds. The number of rotatable bonds is 7. The van der Waals surface area contributed by atoms with Gasteiger partial charge in [0.2, 0.25) is 5.91 Å². The Kier molecular flexibility index (Phi) is 6.03. The van der Waals surface area contributed by atoms with Crippen LogP contribution in [0.1, 0.15) is 0 Å². The number of thiophene rings is 1. The van der Waals surface area contributed by atoms with Crippen molar-refractivity contribution in [2.45, 2.75) is 10.3 Å². The Morgan fingerprint density at radius 1 is 1.65 bits per heavy atom. The van der Waals surface area contributed by atoms with Gasteiger partial charge in [0.25, 0.3) is 0 Å². The third-order valence-corrected chi connectivity index (χ3v) is 4.02. The van der Waals surface area contributed by atoms with Crippen LogP contribution >= 0.6 is 23.1 Å². The van der Waals surface area contributed by atoms with Crippen LogP contribution in [0.15, 0.2) is 21.7 Å². The Bertz CT molecular complexity index is 366. The van der Waals surface area contributed by atoms with Gasteiger partial charge in [0.05, 0.1) is 16.5 Å². The van der Waals surface area contributed by atoms with Crippen LogP contribution in [0.3, 0.4) is 0 Å². The Hall–Kier alpha value is -1.05. The van der Waals surface area contributed by atoms with Crippen LogP contribution in [-0.2, 0) is 14.3 Å². The van der Waals surface area contributed by atoms with Crippen molar-refractivity contribution in [3.8, 4) is 0 Å². The molecule has 0 aliphatic heterocycles. The minimum absolute atomic E-state index is 0.0182. The smallest absolute Gasteiger partial charge is 0.334 e. The largest absolute Gasteiger partial charge is 0.479 e. The first kappa shape index (κ1) is 14.0. The van der Waals surface area contributed by atoms with Gasteiger partial charge in [-0.25, -0.2) is 4.79 Å². The maximum absolute atomic E-state index is 11.4. The Morgan fingerprint density at radius 3 is 2.94 bits per heavy atom. The van der Waals surface area contributed by atoms with E-state index in [-0.39, 0.29) is 18.2 Å². The molecule has 94 valence electrons. The zero-order chi connectivity index (χ0) is 12.7. The number of thioether (sulfide) groups is 1. The second-order valence-electron chi connectivity index (χ2n) is 3.09. The molecule has 0 saturated heterocycles. The molecular formula is C10H13NO4S2. The number of methoxy groups -OCH3 is 1. The van der Waals surface area contributed by atoms with E-state index >= 15 is 0 Å². The van der Waals surface area contributed by atoms with Gasteiger partial charge in [0.15, 0.2) is 6.10 Å². The predicted octanol–water partition coefficient (Wildman–Crippen LogP) is 1.06. The molecule has 17 heavy (non-hydrogen) atoms. The van der Waals surface area contributed by atoms with Crippen LogP contribution < -0.4 is 5.32 Å². The third kappa shape index (κ3) is 5.20. The molecule has 0 saturated carbocycles. The summed E-state index contributed by atoms with van der Waals surface area (Å²) in [7, 11) is 1.30. The molecule has 5 nitrogen and oxygen atoms in total. The average molecular weight is 275 g/mol.